The number of amides is 1. The van der Waals surface area contributed by atoms with Crippen LogP contribution in [0, 0.1) is 23.2 Å². The number of carbonyl (C=O) groups excluding carboxylic acids is 2. The maximum absolute atomic E-state index is 11.8. The Kier molecular flexibility index (Phi) is 3.18. The van der Waals surface area contributed by atoms with Gasteiger partial charge >= 0.3 is 0 Å². The molecular formula is C16H25NO2. The molecule has 4 rings (SSSR count). The van der Waals surface area contributed by atoms with E-state index in [0.717, 1.165) is 17.8 Å². The molecule has 0 radical (unpaired) electrons. The molecule has 0 aliphatic heterocycles. The third kappa shape index (κ3) is 2.44. The first-order valence-electron chi connectivity index (χ1n) is 7.75. The third-order valence-corrected chi connectivity index (χ3v) is 5.79. The first-order chi connectivity index (χ1) is 8.97. The number of hydrogen-bond acceptors (Lipinski definition) is 2. The molecule has 0 heterocycles. The van der Waals surface area contributed by atoms with Gasteiger partial charge in [-0.05, 0) is 75.5 Å². The van der Waals surface area contributed by atoms with Crippen molar-refractivity contribution in [3.63, 3.8) is 0 Å². The number of nitrogens with one attached hydrogen (secondary N) is 1. The smallest absolute Gasteiger partial charge is 0.227 e. The summed E-state index contributed by atoms with van der Waals surface area (Å²) in [4.78, 5) is 22.8. The second kappa shape index (κ2) is 4.60. The van der Waals surface area contributed by atoms with Crippen LogP contribution in [0.1, 0.15) is 58.8 Å². The van der Waals surface area contributed by atoms with Gasteiger partial charge in [-0.1, -0.05) is 0 Å². The van der Waals surface area contributed by atoms with E-state index in [4.69, 9.17) is 0 Å². The lowest BCUT2D eigenvalue weighted by atomic mass is 9.48. The highest BCUT2D eigenvalue weighted by atomic mass is 16.2. The highest BCUT2D eigenvalue weighted by molar-refractivity contribution is 5.96. The zero-order valence-electron chi connectivity index (χ0n) is 12.1. The molecule has 1 amide bonds. The maximum atomic E-state index is 11.8. The van der Waals surface area contributed by atoms with Gasteiger partial charge in [0.05, 0.1) is 6.42 Å². The summed E-state index contributed by atoms with van der Waals surface area (Å²) in [6.45, 7) is 3.64. The summed E-state index contributed by atoms with van der Waals surface area (Å²) in [7, 11) is 0. The van der Waals surface area contributed by atoms with E-state index in [0.29, 0.717) is 5.41 Å². The predicted molar refractivity (Wildman–Crippen MR) is 73.5 cm³/mol. The van der Waals surface area contributed by atoms with Crippen LogP contribution in [-0.4, -0.2) is 17.7 Å². The molecule has 4 bridgehead atoms. The van der Waals surface area contributed by atoms with E-state index < -0.39 is 0 Å². The van der Waals surface area contributed by atoms with Gasteiger partial charge in [0.2, 0.25) is 5.91 Å². The number of ketones is 1. The molecule has 0 aromatic carbocycles. The second-order valence-electron chi connectivity index (χ2n) is 7.45. The average molecular weight is 263 g/mol. The minimum Gasteiger partial charge on any atom is -0.353 e. The summed E-state index contributed by atoms with van der Waals surface area (Å²) in [5, 5.41) is 3.11. The summed E-state index contributed by atoms with van der Waals surface area (Å²) in [6.07, 6.45) is 8.19. The summed E-state index contributed by atoms with van der Waals surface area (Å²) in [5.41, 5.74) is 0.335. The van der Waals surface area contributed by atoms with Crippen molar-refractivity contribution in [2.24, 2.45) is 23.2 Å². The van der Waals surface area contributed by atoms with E-state index in [9.17, 15) is 9.59 Å². The van der Waals surface area contributed by atoms with Crippen molar-refractivity contribution in [1.82, 2.24) is 5.32 Å². The second-order valence-corrected chi connectivity index (χ2v) is 7.45. The van der Waals surface area contributed by atoms with Gasteiger partial charge in [-0.2, -0.15) is 0 Å². The van der Waals surface area contributed by atoms with E-state index in [1.54, 1.807) is 0 Å². The van der Waals surface area contributed by atoms with Crippen molar-refractivity contribution in [3.8, 4) is 0 Å². The monoisotopic (exact) mass is 263 g/mol. The van der Waals surface area contributed by atoms with Gasteiger partial charge in [0.1, 0.15) is 5.78 Å². The minimum absolute atomic E-state index is 0.0384. The molecule has 0 aromatic rings. The molecule has 106 valence electrons. The zero-order chi connectivity index (χ0) is 13.6. The average Bonchev–Trinajstić information content (AvgIpc) is 2.25. The Balaban J connectivity index is 1.67. The van der Waals surface area contributed by atoms with E-state index in [-0.39, 0.29) is 24.2 Å². The third-order valence-electron chi connectivity index (χ3n) is 5.79. The molecule has 4 aliphatic carbocycles. The summed E-state index contributed by atoms with van der Waals surface area (Å²) in [5.74, 6) is 2.57. The molecule has 3 nitrogen and oxygen atoms in total. The Morgan fingerprint density at radius 2 is 1.58 bits per heavy atom. The van der Waals surface area contributed by atoms with Gasteiger partial charge in [0.25, 0.3) is 0 Å². The zero-order valence-corrected chi connectivity index (χ0v) is 12.1. The Labute approximate surface area is 115 Å². The van der Waals surface area contributed by atoms with Crippen LogP contribution in [0.4, 0.5) is 0 Å². The van der Waals surface area contributed by atoms with Crippen molar-refractivity contribution in [3.05, 3.63) is 0 Å². The highest BCUT2D eigenvalue weighted by Gasteiger charge is 2.53. The van der Waals surface area contributed by atoms with Gasteiger partial charge < -0.3 is 5.32 Å². The lowest BCUT2D eigenvalue weighted by Gasteiger charge is -2.59. The van der Waals surface area contributed by atoms with Crippen molar-refractivity contribution < 1.29 is 9.59 Å². The van der Waals surface area contributed by atoms with E-state index in [1.165, 1.54) is 45.4 Å². The molecule has 1 unspecified atom stereocenters. The van der Waals surface area contributed by atoms with Gasteiger partial charge in [-0.3, -0.25) is 9.59 Å². The molecule has 19 heavy (non-hydrogen) atoms. The van der Waals surface area contributed by atoms with Gasteiger partial charge in [-0.15, -0.1) is 0 Å². The van der Waals surface area contributed by atoms with Crippen molar-refractivity contribution in [2.45, 2.75) is 64.8 Å². The van der Waals surface area contributed by atoms with Crippen LogP contribution < -0.4 is 5.32 Å². The number of carbonyl (C=O) groups is 2. The van der Waals surface area contributed by atoms with E-state index >= 15 is 0 Å². The summed E-state index contributed by atoms with van der Waals surface area (Å²) in [6, 6.07) is 0.229. The fourth-order valence-electron chi connectivity index (χ4n) is 5.38. The Morgan fingerprint density at radius 1 is 1.11 bits per heavy atom. The molecular weight excluding hydrogens is 238 g/mol. The van der Waals surface area contributed by atoms with Gasteiger partial charge in [0.15, 0.2) is 0 Å². The van der Waals surface area contributed by atoms with E-state index in [1.807, 2.05) is 0 Å². The maximum Gasteiger partial charge on any atom is 0.227 e. The highest BCUT2D eigenvalue weighted by Crippen LogP contribution is 2.61. The van der Waals surface area contributed by atoms with Crippen LogP contribution in [0.2, 0.25) is 0 Å². The SMILES string of the molecule is CC(=O)CC(=O)NC(C)C12CC3CC(CC(C3)C1)C2. The molecule has 0 spiro atoms. The van der Waals surface area contributed by atoms with Crippen LogP contribution in [0.5, 0.6) is 0 Å². The van der Waals surface area contributed by atoms with Crippen molar-refractivity contribution >= 4 is 11.7 Å². The molecule has 1 N–H and O–H groups in total. The largest absolute Gasteiger partial charge is 0.353 e. The molecule has 0 saturated heterocycles. The summed E-state index contributed by atoms with van der Waals surface area (Å²) < 4.78 is 0. The molecule has 3 heteroatoms. The lowest BCUT2D eigenvalue weighted by Crippen LogP contribution is -2.55. The molecule has 1 atom stereocenters. The number of rotatable bonds is 4. The van der Waals surface area contributed by atoms with Crippen molar-refractivity contribution in [2.75, 3.05) is 0 Å². The molecule has 4 aliphatic rings. The van der Waals surface area contributed by atoms with Gasteiger partial charge in [0, 0.05) is 6.04 Å². The normalized spacial score (nSPS) is 41.1. The fraction of sp³-hybridized carbons (Fsp3) is 0.875. The fourth-order valence-corrected chi connectivity index (χ4v) is 5.38. The Bertz CT molecular complexity index is 366. The number of hydrogen-bond donors (Lipinski definition) is 1. The molecule has 4 saturated carbocycles. The molecule has 0 aromatic heterocycles. The van der Waals surface area contributed by atoms with Crippen LogP contribution in [0.25, 0.3) is 0 Å². The summed E-state index contributed by atoms with van der Waals surface area (Å²) >= 11 is 0. The van der Waals surface area contributed by atoms with Gasteiger partial charge in [-0.25, -0.2) is 0 Å². The number of Topliss-reactive ketones (excluding diaryl/α,β-unsaturated/α-hetero) is 1. The van der Waals surface area contributed by atoms with E-state index in [2.05, 4.69) is 12.2 Å². The lowest BCUT2D eigenvalue weighted by molar-refractivity contribution is -0.130. The Hall–Kier alpha value is -0.860. The quantitative estimate of drug-likeness (QED) is 0.793. The first kappa shape index (κ1) is 13.1. The van der Waals surface area contributed by atoms with Crippen LogP contribution in [0.3, 0.4) is 0 Å². The van der Waals surface area contributed by atoms with Crippen LogP contribution >= 0.6 is 0 Å². The standard InChI is InChI=1S/C16H25NO2/c1-10(18)3-15(19)17-11(2)16-7-12-4-13(8-16)6-14(5-12)9-16/h11-14H,3-9H2,1-2H3,(H,17,19). The van der Waals surface area contributed by atoms with Crippen LogP contribution in [-0.2, 0) is 9.59 Å². The predicted octanol–water partition coefficient (Wildman–Crippen LogP) is 2.69. The molecule has 4 fully saturated rings. The first-order valence-corrected chi connectivity index (χ1v) is 7.75. The van der Waals surface area contributed by atoms with Crippen molar-refractivity contribution in [1.29, 1.82) is 0 Å². The Morgan fingerprint density at radius 3 is 2.00 bits per heavy atom. The van der Waals surface area contributed by atoms with Crippen LogP contribution in [0.15, 0.2) is 0 Å². The minimum atomic E-state index is -0.0873. The topological polar surface area (TPSA) is 46.2 Å².